The van der Waals surface area contributed by atoms with Crippen LogP contribution in [0, 0.1) is 5.92 Å². The van der Waals surface area contributed by atoms with Crippen molar-refractivity contribution >= 4 is 40.7 Å². The summed E-state index contributed by atoms with van der Waals surface area (Å²) in [5.41, 5.74) is 4.37. The predicted octanol–water partition coefficient (Wildman–Crippen LogP) is 6.22. The lowest BCUT2D eigenvalue weighted by molar-refractivity contribution is -0.124. The highest BCUT2D eigenvalue weighted by molar-refractivity contribution is 7.10. The lowest BCUT2D eigenvalue weighted by Gasteiger charge is -2.30. The van der Waals surface area contributed by atoms with E-state index in [1.54, 1.807) is 30.1 Å². The molecular formula is C39H48N6O5S2. The molecule has 1 unspecified atom stereocenters. The second-order valence-corrected chi connectivity index (χ2v) is 15.4. The number of nitrogens with one attached hydrogen (secondary N) is 3. The number of thiazole rings is 2. The van der Waals surface area contributed by atoms with Gasteiger partial charge >= 0.3 is 12.1 Å². The number of benzene rings is 2. The molecule has 11 nitrogen and oxygen atoms in total. The van der Waals surface area contributed by atoms with Crippen molar-refractivity contribution in [1.82, 2.24) is 30.8 Å². The number of allylic oxidation sites excluding steroid dienone is 2. The van der Waals surface area contributed by atoms with Crippen molar-refractivity contribution in [1.29, 1.82) is 0 Å². The van der Waals surface area contributed by atoms with Crippen LogP contribution in [0.5, 0.6) is 0 Å². The Morgan fingerprint density at radius 2 is 1.69 bits per heavy atom. The Morgan fingerprint density at radius 3 is 2.33 bits per heavy atom. The summed E-state index contributed by atoms with van der Waals surface area (Å²) in [6.45, 7) is 4.14. The van der Waals surface area contributed by atoms with Gasteiger partial charge in [-0.1, -0.05) is 86.7 Å². The number of amides is 4. The Hall–Kier alpha value is -4.59. The number of carbonyl (C=O) groups is 3. The minimum Gasteiger partial charge on any atom is -0.444 e. The second kappa shape index (κ2) is 19.3. The molecule has 0 fully saturated rings. The quantitative estimate of drug-likeness (QED) is 0.0941. The summed E-state index contributed by atoms with van der Waals surface area (Å²) >= 11 is 2.99. The fraction of sp³-hybridized carbons (Fsp3) is 0.410. The summed E-state index contributed by atoms with van der Waals surface area (Å²) in [6, 6.07) is 16.8. The van der Waals surface area contributed by atoms with Crippen molar-refractivity contribution in [3.05, 3.63) is 117 Å². The average molecular weight is 745 g/mol. The molecule has 0 aliphatic heterocycles. The van der Waals surface area contributed by atoms with E-state index < -0.39 is 30.3 Å². The molecule has 0 saturated carbocycles. The molecule has 52 heavy (non-hydrogen) atoms. The Morgan fingerprint density at radius 1 is 0.981 bits per heavy atom. The fourth-order valence-electron chi connectivity index (χ4n) is 6.13. The number of hydrogen-bond donors (Lipinski definition) is 4. The highest BCUT2D eigenvalue weighted by atomic mass is 32.1. The number of hydrogen-bond acceptors (Lipinski definition) is 9. The monoisotopic (exact) mass is 744 g/mol. The van der Waals surface area contributed by atoms with Gasteiger partial charge in [-0.05, 0) is 49.1 Å². The van der Waals surface area contributed by atoms with Crippen LogP contribution in [0.2, 0.25) is 0 Å². The van der Waals surface area contributed by atoms with E-state index in [-0.39, 0.29) is 30.9 Å². The van der Waals surface area contributed by atoms with Gasteiger partial charge in [0.05, 0.1) is 39.8 Å². The Labute approximate surface area is 313 Å². The molecule has 1 aliphatic rings. The van der Waals surface area contributed by atoms with Crippen LogP contribution in [0.1, 0.15) is 65.7 Å². The maximum Gasteiger partial charge on any atom is 0.407 e. The van der Waals surface area contributed by atoms with Crippen LogP contribution in [0.25, 0.3) is 0 Å². The molecule has 5 atom stereocenters. The molecule has 4 aromatic rings. The zero-order valence-corrected chi connectivity index (χ0v) is 31.4. The number of aromatic nitrogens is 2. The van der Waals surface area contributed by atoms with E-state index in [0.29, 0.717) is 25.3 Å². The van der Waals surface area contributed by atoms with Crippen molar-refractivity contribution in [3.8, 4) is 0 Å². The molecule has 13 heteroatoms. The first-order chi connectivity index (χ1) is 25.1. The van der Waals surface area contributed by atoms with Crippen LogP contribution >= 0.6 is 22.7 Å². The number of aliphatic hydroxyl groups is 1. The van der Waals surface area contributed by atoms with Crippen LogP contribution in [0.3, 0.4) is 0 Å². The van der Waals surface area contributed by atoms with Gasteiger partial charge in [0.1, 0.15) is 12.6 Å². The first kappa shape index (κ1) is 38.6. The van der Waals surface area contributed by atoms with E-state index in [9.17, 15) is 19.5 Å². The molecule has 4 N–H and O–H groups in total. The molecule has 1 aliphatic carbocycles. The van der Waals surface area contributed by atoms with Crippen LogP contribution in [0.15, 0.2) is 89.9 Å². The van der Waals surface area contributed by atoms with Crippen LogP contribution < -0.4 is 16.0 Å². The summed E-state index contributed by atoms with van der Waals surface area (Å²) in [5.74, 6) is -0.243. The molecule has 2 heterocycles. The smallest absolute Gasteiger partial charge is 0.407 e. The zero-order valence-electron chi connectivity index (χ0n) is 29.8. The van der Waals surface area contributed by atoms with Gasteiger partial charge in [-0.3, -0.25) is 9.78 Å². The number of ether oxygens (including phenoxy) is 1. The number of alkyl carbamates (subject to hydrolysis) is 1. The first-order valence-corrected chi connectivity index (χ1v) is 19.4. The van der Waals surface area contributed by atoms with E-state index in [4.69, 9.17) is 9.72 Å². The molecule has 4 amide bonds. The van der Waals surface area contributed by atoms with Crippen molar-refractivity contribution in [3.63, 3.8) is 0 Å². The van der Waals surface area contributed by atoms with Gasteiger partial charge in [-0.2, -0.15) is 0 Å². The number of carbonyl (C=O) groups excluding carboxylic acids is 3. The third kappa shape index (κ3) is 11.7. The van der Waals surface area contributed by atoms with Gasteiger partial charge in [-0.25, -0.2) is 14.6 Å². The lowest BCUT2D eigenvalue weighted by Crippen LogP contribution is -2.55. The molecule has 276 valence electrons. The molecule has 2 aromatic carbocycles. The van der Waals surface area contributed by atoms with Gasteiger partial charge in [0.25, 0.3) is 0 Å². The fourth-order valence-corrected chi connectivity index (χ4v) is 7.56. The SMILES string of the molecule is CC(C)[C@H](NC(=O)N(C)Cc1csc(C2C=CCC2)n1)C(=O)N[C@@H](Cc1ccccc1)C[C@H](O)[C@H](Cc1ccccc1)NC(=O)OCc1cncs1. The summed E-state index contributed by atoms with van der Waals surface area (Å²) < 4.78 is 5.44. The van der Waals surface area contributed by atoms with Gasteiger partial charge in [0.2, 0.25) is 5.91 Å². The van der Waals surface area contributed by atoms with E-state index in [2.05, 4.69) is 33.1 Å². The van der Waals surface area contributed by atoms with E-state index in [0.717, 1.165) is 39.5 Å². The first-order valence-electron chi connectivity index (χ1n) is 17.6. The Kier molecular flexibility index (Phi) is 14.3. The van der Waals surface area contributed by atoms with Gasteiger partial charge < -0.3 is 30.7 Å². The highest BCUT2D eigenvalue weighted by Crippen LogP contribution is 2.30. The standard InChI is InChI=1S/C39H48N6O5S2/c1-26(2)35(44-38(48)45(3)22-31-24-51-37(42-31)29-16-10-11-17-29)36(47)41-30(18-27-12-6-4-7-13-27)20-34(46)33(19-28-14-8-5-9-15-28)43-39(49)50-23-32-21-40-25-52-32/h4-10,12-16,21,24-26,29-30,33-35,46H,11,17-20,22-23H2,1-3H3,(H,41,47)(H,43,49)(H,44,48)/t29?,30-,33-,34-,35-/m0/s1. The molecule has 2 aromatic heterocycles. The molecule has 0 spiro atoms. The third-order valence-corrected chi connectivity index (χ3v) is 10.7. The summed E-state index contributed by atoms with van der Waals surface area (Å²) in [4.78, 5) is 51.3. The normalized spacial score (nSPS) is 16.1. The van der Waals surface area contributed by atoms with Gasteiger partial charge in [0.15, 0.2) is 0 Å². The van der Waals surface area contributed by atoms with Crippen molar-refractivity contribution in [2.45, 2.75) is 89.3 Å². The largest absolute Gasteiger partial charge is 0.444 e. The molecular weight excluding hydrogens is 697 g/mol. The number of urea groups is 1. The molecule has 0 saturated heterocycles. The van der Waals surface area contributed by atoms with Gasteiger partial charge in [0, 0.05) is 30.6 Å². The maximum atomic E-state index is 13.9. The topological polar surface area (TPSA) is 146 Å². The number of nitrogens with zero attached hydrogens (tertiary/aromatic N) is 3. The Bertz CT molecular complexity index is 1730. The summed E-state index contributed by atoms with van der Waals surface area (Å²) in [5, 5.41) is 23.6. The van der Waals surface area contributed by atoms with Crippen LogP contribution in [0.4, 0.5) is 9.59 Å². The highest BCUT2D eigenvalue weighted by Gasteiger charge is 2.31. The zero-order chi connectivity index (χ0) is 36.9. The Balaban J connectivity index is 1.25. The van der Waals surface area contributed by atoms with Gasteiger partial charge in [-0.15, -0.1) is 22.7 Å². The average Bonchev–Trinajstić information content (AvgIpc) is 3.94. The minimum atomic E-state index is -1.05. The van der Waals surface area contributed by atoms with Crippen LogP contribution in [-0.2, 0) is 35.5 Å². The summed E-state index contributed by atoms with van der Waals surface area (Å²) in [7, 11) is 1.69. The van der Waals surface area contributed by atoms with Crippen molar-refractivity contribution in [2.24, 2.45) is 5.92 Å². The predicted molar refractivity (Wildman–Crippen MR) is 204 cm³/mol. The number of rotatable bonds is 17. The number of aliphatic hydroxyl groups excluding tert-OH is 1. The summed E-state index contributed by atoms with van der Waals surface area (Å²) in [6.07, 6.45) is 7.32. The van der Waals surface area contributed by atoms with Crippen molar-refractivity contribution < 1.29 is 24.2 Å². The maximum absolute atomic E-state index is 13.9. The molecule has 0 radical (unpaired) electrons. The van der Waals surface area contributed by atoms with E-state index in [1.165, 1.54) is 16.2 Å². The van der Waals surface area contributed by atoms with E-state index in [1.807, 2.05) is 79.9 Å². The van der Waals surface area contributed by atoms with Crippen LogP contribution in [-0.4, -0.2) is 69.3 Å². The second-order valence-electron chi connectivity index (χ2n) is 13.5. The van der Waals surface area contributed by atoms with Crippen molar-refractivity contribution in [2.75, 3.05) is 7.05 Å². The molecule has 0 bridgehead atoms. The lowest BCUT2D eigenvalue weighted by atomic mass is 9.93. The minimum absolute atomic E-state index is 0.0672. The van der Waals surface area contributed by atoms with E-state index >= 15 is 0 Å². The third-order valence-electron chi connectivity index (χ3n) is 8.97. The molecule has 5 rings (SSSR count).